The number of ether oxygens (including phenoxy) is 2. The number of hydrogen-bond donors (Lipinski definition) is 2. The number of aromatic nitrogens is 1. The van der Waals surface area contributed by atoms with Gasteiger partial charge in [0, 0.05) is 19.6 Å². The van der Waals surface area contributed by atoms with Crippen molar-refractivity contribution in [3.63, 3.8) is 0 Å². The van der Waals surface area contributed by atoms with Gasteiger partial charge in [-0.15, -0.1) is 11.3 Å². The molecule has 7 heteroatoms. The van der Waals surface area contributed by atoms with Crippen LogP contribution in [0.5, 0.6) is 0 Å². The van der Waals surface area contributed by atoms with E-state index in [0.29, 0.717) is 10.8 Å². The van der Waals surface area contributed by atoms with Crippen LogP contribution in [0.4, 0.5) is 5.13 Å². The zero-order valence-corrected chi connectivity index (χ0v) is 9.34. The van der Waals surface area contributed by atoms with Gasteiger partial charge in [-0.25, -0.2) is 4.98 Å². The maximum absolute atomic E-state index is 11.5. The van der Waals surface area contributed by atoms with Crippen molar-refractivity contribution in [2.75, 3.05) is 26.5 Å². The number of thiazole rings is 1. The van der Waals surface area contributed by atoms with Crippen LogP contribution in [-0.2, 0) is 9.47 Å². The van der Waals surface area contributed by atoms with Crippen LogP contribution in [0, 0.1) is 0 Å². The lowest BCUT2D eigenvalue weighted by molar-refractivity contribution is -0.0974. The van der Waals surface area contributed by atoms with E-state index in [1.807, 2.05) is 0 Å². The fourth-order valence-corrected chi connectivity index (χ4v) is 1.46. The number of nitrogen functional groups attached to an aromatic ring is 1. The van der Waals surface area contributed by atoms with Gasteiger partial charge in [0.15, 0.2) is 11.4 Å². The third-order valence-corrected chi connectivity index (χ3v) is 2.38. The molecule has 0 fully saturated rings. The summed E-state index contributed by atoms with van der Waals surface area (Å²) in [5.41, 5.74) is 5.71. The van der Waals surface area contributed by atoms with Crippen molar-refractivity contribution < 1.29 is 14.3 Å². The van der Waals surface area contributed by atoms with Crippen LogP contribution < -0.4 is 11.1 Å². The highest BCUT2D eigenvalue weighted by molar-refractivity contribution is 7.13. The van der Waals surface area contributed by atoms with E-state index in [1.54, 1.807) is 5.38 Å². The van der Waals surface area contributed by atoms with E-state index in [9.17, 15) is 4.79 Å². The van der Waals surface area contributed by atoms with Gasteiger partial charge in [-0.3, -0.25) is 4.79 Å². The van der Waals surface area contributed by atoms with E-state index in [4.69, 9.17) is 15.2 Å². The SMILES string of the molecule is COC(CNC(=O)c1csc(N)n1)OC. The maximum Gasteiger partial charge on any atom is 0.271 e. The molecule has 0 unspecified atom stereocenters. The molecule has 0 atom stereocenters. The monoisotopic (exact) mass is 231 g/mol. The summed E-state index contributed by atoms with van der Waals surface area (Å²) in [7, 11) is 3.00. The van der Waals surface area contributed by atoms with E-state index in [-0.39, 0.29) is 12.5 Å². The van der Waals surface area contributed by atoms with Crippen molar-refractivity contribution in [2.24, 2.45) is 0 Å². The molecule has 0 bridgehead atoms. The van der Waals surface area contributed by atoms with Crippen molar-refractivity contribution in [3.05, 3.63) is 11.1 Å². The Balaban J connectivity index is 2.42. The number of amides is 1. The molecule has 84 valence electrons. The van der Waals surface area contributed by atoms with E-state index in [1.165, 1.54) is 25.6 Å². The first-order valence-corrected chi connectivity index (χ1v) is 5.10. The Bertz CT molecular complexity index is 325. The highest BCUT2D eigenvalue weighted by Gasteiger charge is 2.11. The fourth-order valence-electron chi connectivity index (χ4n) is 0.921. The maximum atomic E-state index is 11.5. The minimum Gasteiger partial charge on any atom is -0.375 e. The van der Waals surface area contributed by atoms with Crippen molar-refractivity contribution in [1.29, 1.82) is 0 Å². The molecule has 0 aliphatic heterocycles. The minimum absolute atomic E-state index is 0.267. The third-order valence-electron chi connectivity index (χ3n) is 1.71. The lowest BCUT2D eigenvalue weighted by Crippen LogP contribution is -2.34. The van der Waals surface area contributed by atoms with Crippen LogP contribution >= 0.6 is 11.3 Å². The van der Waals surface area contributed by atoms with Crippen LogP contribution in [0.15, 0.2) is 5.38 Å². The van der Waals surface area contributed by atoms with Crippen LogP contribution in [0.1, 0.15) is 10.5 Å². The Hall–Kier alpha value is -1.18. The second kappa shape index (κ2) is 5.64. The number of anilines is 1. The van der Waals surface area contributed by atoms with Gasteiger partial charge < -0.3 is 20.5 Å². The molecule has 0 saturated heterocycles. The van der Waals surface area contributed by atoms with E-state index in [2.05, 4.69) is 10.3 Å². The molecule has 1 aromatic rings. The van der Waals surface area contributed by atoms with Gasteiger partial charge in [0.2, 0.25) is 0 Å². The number of nitrogens with two attached hydrogens (primary N) is 1. The van der Waals surface area contributed by atoms with Crippen LogP contribution in [-0.4, -0.2) is 37.9 Å². The van der Waals surface area contributed by atoms with Crippen LogP contribution in [0.2, 0.25) is 0 Å². The van der Waals surface area contributed by atoms with Gasteiger partial charge in [-0.2, -0.15) is 0 Å². The first kappa shape index (κ1) is 11.9. The number of nitrogens with zero attached hydrogens (tertiary/aromatic N) is 1. The summed E-state index contributed by atoms with van der Waals surface area (Å²) in [6, 6.07) is 0. The predicted molar refractivity (Wildman–Crippen MR) is 56.7 cm³/mol. The van der Waals surface area contributed by atoms with Crippen molar-refractivity contribution in [1.82, 2.24) is 10.3 Å². The summed E-state index contributed by atoms with van der Waals surface area (Å²) in [6.45, 7) is 0.267. The van der Waals surface area contributed by atoms with Crippen molar-refractivity contribution in [3.8, 4) is 0 Å². The van der Waals surface area contributed by atoms with E-state index < -0.39 is 6.29 Å². The fraction of sp³-hybridized carbons (Fsp3) is 0.500. The highest BCUT2D eigenvalue weighted by atomic mass is 32.1. The Kier molecular flexibility index (Phi) is 4.47. The zero-order chi connectivity index (χ0) is 11.3. The molecule has 0 aromatic carbocycles. The van der Waals surface area contributed by atoms with Gasteiger partial charge in [0.1, 0.15) is 5.69 Å². The molecule has 1 amide bonds. The van der Waals surface area contributed by atoms with Crippen LogP contribution in [0.25, 0.3) is 0 Å². The van der Waals surface area contributed by atoms with Crippen molar-refractivity contribution in [2.45, 2.75) is 6.29 Å². The summed E-state index contributed by atoms with van der Waals surface area (Å²) in [5, 5.41) is 4.58. The van der Waals surface area contributed by atoms with Gasteiger partial charge in [-0.05, 0) is 0 Å². The molecule has 0 aliphatic carbocycles. The second-order valence-electron chi connectivity index (χ2n) is 2.68. The number of carbonyl (C=O) groups excluding carboxylic acids is 1. The van der Waals surface area contributed by atoms with E-state index in [0.717, 1.165) is 0 Å². The molecule has 0 aliphatic rings. The highest BCUT2D eigenvalue weighted by Crippen LogP contribution is 2.10. The molecule has 0 spiro atoms. The number of rotatable bonds is 5. The normalized spacial score (nSPS) is 10.6. The van der Waals surface area contributed by atoms with Gasteiger partial charge in [0.25, 0.3) is 5.91 Å². The quantitative estimate of drug-likeness (QED) is 0.700. The van der Waals surface area contributed by atoms with Gasteiger partial charge >= 0.3 is 0 Å². The Morgan fingerprint density at radius 1 is 1.67 bits per heavy atom. The zero-order valence-electron chi connectivity index (χ0n) is 8.52. The number of hydrogen-bond acceptors (Lipinski definition) is 6. The summed E-state index contributed by atoms with van der Waals surface area (Å²) in [6.07, 6.45) is -0.454. The summed E-state index contributed by atoms with van der Waals surface area (Å²) < 4.78 is 9.82. The summed E-state index contributed by atoms with van der Waals surface area (Å²) in [5.74, 6) is -0.290. The number of nitrogens with one attached hydrogen (secondary N) is 1. The summed E-state index contributed by atoms with van der Waals surface area (Å²) in [4.78, 5) is 15.3. The first-order valence-electron chi connectivity index (χ1n) is 4.22. The average molecular weight is 231 g/mol. The molecule has 1 rings (SSSR count). The first-order chi connectivity index (χ1) is 7.17. The molecule has 15 heavy (non-hydrogen) atoms. The van der Waals surface area contributed by atoms with Gasteiger partial charge in [-0.1, -0.05) is 0 Å². The minimum atomic E-state index is -0.454. The third kappa shape index (κ3) is 3.46. The molecule has 6 nitrogen and oxygen atoms in total. The second-order valence-corrected chi connectivity index (χ2v) is 3.57. The Morgan fingerprint density at radius 3 is 2.80 bits per heavy atom. The van der Waals surface area contributed by atoms with Crippen molar-refractivity contribution >= 4 is 22.4 Å². The smallest absolute Gasteiger partial charge is 0.271 e. The molecular weight excluding hydrogens is 218 g/mol. The molecule has 1 aromatic heterocycles. The molecule has 0 saturated carbocycles. The Morgan fingerprint density at radius 2 is 2.33 bits per heavy atom. The number of carbonyl (C=O) groups is 1. The molecule has 3 N–H and O–H groups in total. The summed E-state index contributed by atoms with van der Waals surface area (Å²) >= 11 is 1.22. The lowest BCUT2D eigenvalue weighted by Gasteiger charge is -2.13. The van der Waals surface area contributed by atoms with E-state index >= 15 is 0 Å². The average Bonchev–Trinajstić information content (AvgIpc) is 2.66. The molecule has 1 heterocycles. The largest absolute Gasteiger partial charge is 0.375 e. The predicted octanol–water partition coefficient (Wildman–Crippen LogP) is 0.0740. The Labute approximate surface area is 91.4 Å². The number of methoxy groups -OCH3 is 2. The molecule has 0 radical (unpaired) electrons. The standard InChI is InChI=1S/C8H13N3O3S/c1-13-6(14-2)3-10-7(12)5-4-15-8(9)11-5/h4,6H,3H2,1-2H3,(H2,9,11)(H,10,12). The van der Waals surface area contributed by atoms with Crippen LogP contribution in [0.3, 0.4) is 0 Å². The lowest BCUT2D eigenvalue weighted by atomic mass is 10.4. The topological polar surface area (TPSA) is 86.5 Å². The van der Waals surface area contributed by atoms with Gasteiger partial charge in [0.05, 0.1) is 6.54 Å². The molecular formula is C8H13N3O3S.